The molecular formula is C11H12Cl2N4O2S. The summed E-state index contributed by atoms with van der Waals surface area (Å²) in [7, 11) is -3.80. The molecule has 2 aromatic heterocycles. The van der Waals surface area contributed by atoms with E-state index >= 15 is 0 Å². The highest BCUT2D eigenvalue weighted by Crippen LogP contribution is 2.29. The van der Waals surface area contributed by atoms with Crippen molar-refractivity contribution < 1.29 is 8.42 Å². The number of anilines is 1. The lowest BCUT2D eigenvalue weighted by Gasteiger charge is -2.12. The molecule has 0 aliphatic rings. The van der Waals surface area contributed by atoms with E-state index in [2.05, 4.69) is 19.9 Å². The fourth-order valence-corrected chi connectivity index (χ4v) is 3.99. The molecule has 2 heterocycles. The van der Waals surface area contributed by atoms with E-state index in [0.717, 1.165) is 0 Å². The van der Waals surface area contributed by atoms with Crippen LogP contribution < -0.4 is 4.72 Å². The molecule has 2 N–H and O–H groups in total. The fourth-order valence-electron chi connectivity index (χ4n) is 1.84. The lowest BCUT2D eigenvalue weighted by Crippen LogP contribution is -2.16. The first-order chi connectivity index (χ1) is 9.22. The van der Waals surface area contributed by atoms with Crippen molar-refractivity contribution in [2.75, 3.05) is 4.72 Å². The minimum absolute atomic E-state index is 0.00243. The molecule has 0 bridgehead atoms. The van der Waals surface area contributed by atoms with Crippen LogP contribution >= 0.6 is 23.2 Å². The molecule has 0 fully saturated rings. The zero-order chi connectivity index (χ0) is 15.1. The first-order valence-electron chi connectivity index (χ1n) is 5.59. The number of pyridine rings is 1. The summed E-state index contributed by atoms with van der Waals surface area (Å²) in [5.74, 6) is 0. The number of rotatable bonds is 3. The maximum atomic E-state index is 12.4. The molecule has 0 saturated carbocycles. The van der Waals surface area contributed by atoms with Crippen LogP contribution in [0.2, 0.25) is 10.3 Å². The molecule has 6 nitrogen and oxygen atoms in total. The Morgan fingerprint density at radius 3 is 2.40 bits per heavy atom. The zero-order valence-corrected chi connectivity index (χ0v) is 13.3. The first kappa shape index (κ1) is 15.1. The lowest BCUT2D eigenvalue weighted by molar-refractivity contribution is 0.600. The third-order valence-corrected chi connectivity index (χ3v) is 4.79. The second-order valence-corrected chi connectivity index (χ2v) is 6.66. The molecule has 0 amide bonds. The zero-order valence-electron chi connectivity index (χ0n) is 11.0. The molecule has 0 unspecified atom stereocenters. The topological polar surface area (TPSA) is 87.7 Å². The highest BCUT2D eigenvalue weighted by atomic mass is 35.5. The van der Waals surface area contributed by atoms with E-state index < -0.39 is 10.0 Å². The van der Waals surface area contributed by atoms with Gasteiger partial charge in [-0.15, -0.1) is 0 Å². The van der Waals surface area contributed by atoms with Gasteiger partial charge in [0, 0.05) is 0 Å². The second kappa shape index (κ2) is 5.23. The SMILES string of the molecule is Cc1cc(Cl)nc(Cl)c1NS(=O)(=O)c1c(C)n[nH]c1C. The predicted octanol–water partition coefficient (Wildman–Crippen LogP) is 2.84. The van der Waals surface area contributed by atoms with Crippen molar-refractivity contribution in [2.24, 2.45) is 0 Å². The van der Waals surface area contributed by atoms with Crippen LogP contribution in [0.1, 0.15) is 17.0 Å². The van der Waals surface area contributed by atoms with E-state index in [1.807, 2.05) is 0 Å². The summed E-state index contributed by atoms with van der Waals surface area (Å²) < 4.78 is 27.2. The van der Waals surface area contributed by atoms with Crippen LogP contribution in [0.5, 0.6) is 0 Å². The number of H-pyrrole nitrogens is 1. The molecule has 0 spiro atoms. The summed E-state index contributed by atoms with van der Waals surface area (Å²) >= 11 is 11.7. The number of nitrogens with one attached hydrogen (secondary N) is 2. The molecule has 20 heavy (non-hydrogen) atoms. The number of aryl methyl sites for hydroxylation is 3. The van der Waals surface area contributed by atoms with Crippen LogP contribution in [0.4, 0.5) is 5.69 Å². The standard InChI is InChI=1S/C11H12Cl2N4O2S/c1-5-4-8(12)14-11(13)9(5)17-20(18,19)10-6(2)15-16-7(10)3/h4,17H,1-3H3,(H,15,16). The average molecular weight is 335 g/mol. The lowest BCUT2D eigenvalue weighted by atomic mass is 10.3. The van der Waals surface area contributed by atoms with Crippen molar-refractivity contribution in [1.29, 1.82) is 0 Å². The van der Waals surface area contributed by atoms with Crippen LogP contribution in [-0.2, 0) is 10.0 Å². The smallest absolute Gasteiger partial charge is 0.265 e. The van der Waals surface area contributed by atoms with Crippen LogP contribution in [0.25, 0.3) is 0 Å². The Bertz CT molecular complexity index is 728. The number of nitrogens with zero attached hydrogens (tertiary/aromatic N) is 2. The van der Waals surface area contributed by atoms with Gasteiger partial charge in [0.05, 0.1) is 17.1 Å². The Balaban J connectivity index is 2.50. The maximum absolute atomic E-state index is 12.4. The Hall–Kier alpha value is -1.31. The van der Waals surface area contributed by atoms with Crippen molar-refractivity contribution in [3.63, 3.8) is 0 Å². The molecule has 0 aliphatic carbocycles. The Labute approximate surface area is 126 Å². The van der Waals surface area contributed by atoms with Gasteiger partial charge in [0.15, 0.2) is 5.15 Å². The van der Waals surface area contributed by atoms with E-state index in [1.54, 1.807) is 20.8 Å². The largest absolute Gasteiger partial charge is 0.281 e. The highest BCUT2D eigenvalue weighted by molar-refractivity contribution is 7.92. The maximum Gasteiger partial charge on any atom is 0.265 e. The molecule has 2 rings (SSSR count). The van der Waals surface area contributed by atoms with Gasteiger partial charge in [-0.2, -0.15) is 5.10 Å². The number of hydrogen-bond donors (Lipinski definition) is 2. The Kier molecular flexibility index (Phi) is 3.95. The molecule has 0 radical (unpaired) electrons. The van der Waals surface area contributed by atoms with Crippen molar-refractivity contribution >= 4 is 38.9 Å². The minimum atomic E-state index is -3.80. The first-order valence-corrected chi connectivity index (χ1v) is 7.83. The molecule has 108 valence electrons. The molecule has 0 atom stereocenters. The van der Waals surface area contributed by atoms with Gasteiger partial charge in [0.1, 0.15) is 10.0 Å². The normalized spacial score (nSPS) is 11.7. The fraction of sp³-hybridized carbons (Fsp3) is 0.273. The van der Waals surface area contributed by atoms with Crippen LogP contribution in [0, 0.1) is 20.8 Å². The summed E-state index contributed by atoms with van der Waals surface area (Å²) in [6, 6.07) is 1.53. The summed E-state index contributed by atoms with van der Waals surface area (Å²) in [5, 5.41) is 6.70. The molecule has 0 aliphatic heterocycles. The van der Waals surface area contributed by atoms with Gasteiger partial charge >= 0.3 is 0 Å². The van der Waals surface area contributed by atoms with Crippen LogP contribution in [0.3, 0.4) is 0 Å². The summed E-state index contributed by atoms with van der Waals surface area (Å²) in [4.78, 5) is 3.93. The van der Waals surface area contributed by atoms with Crippen molar-refractivity contribution in [3.05, 3.63) is 33.3 Å². The van der Waals surface area contributed by atoms with E-state index in [1.165, 1.54) is 6.07 Å². The van der Waals surface area contributed by atoms with E-state index in [9.17, 15) is 8.42 Å². The number of sulfonamides is 1. The van der Waals surface area contributed by atoms with Crippen molar-refractivity contribution in [3.8, 4) is 0 Å². The summed E-state index contributed by atoms with van der Waals surface area (Å²) in [6.07, 6.45) is 0. The van der Waals surface area contributed by atoms with Crippen LogP contribution in [-0.4, -0.2) is 23.6 Å². The van der Waals surface area contributed by atoms with Gasteiger partial charge in [0.25, 0.3) is 10.0 Å². The molecule has 0 aromatic carbocycles. The van der Waals surface area contributed by atoms with Crippen molar-refractivity contribution in [1.82, 2.24) is 15.2 Å². The number of hydrogen-bond acceptors (Lipinski definition) is 4. The predicted molar refractivity (Wildman–Crippen MR) is 77.9 cm³/mol. The Morgan fingerprint density at radius 1 is 1.25 bits per heavy atom. The molecular weight excluding hydrogens is 323 g/mol. The molecule has 9 heteroatoms. The van der Waals surface area contributed by atoms with Gasteiger partial charge in [0.2, 0.25) is 0 Å². The van der Waals surface area contributed by atoms with Gasteiger partial charge < -0.3 is 0 Å². The van der Waals surface area contributed by atoms with Gasteiger partial charge in [-0.25, -0.2) is 13.4 Å². The third kappa shape index (κ3) is 2.74. The average Bonchev–Trinajstić information content (AvgIpc) is 2.64. The molecule has 2 aromatic rings. The van der Waals surface area contributed by atoms with E-state index in [0.29, 0.717) is 17.0 Å². The number of aromatic nitrogens is 3. The highest BCUT2D eigenvalue weighted by Gasteiger charge is 2.24. The number of halogens is 2. The van der Waals surface area contributed by atoms with Crippen LogP contribution in [0.15, 0.2) is 11.0 Å². The Morgan fingerprint density at radius 2 is 1.90 bits per heavy atom. The van der Waals surface area contributed by atoms with Gasteiger partial charge in [-0.05, 0) is 32.4 Å². The summed E-state index contributed by atoms with van der Waals surface area (Å²) in [6.45, 7) is 4.92. The summed E-state index contributed by atoms with van der Waals surface area (Å²) in [5.41, 5.74) is 1.62. The van der Waals surface area contributed by atoms with E-state index in [-0.39, 0.29) is 20.9 Å². The monoisotopic (exact) mass is 334 g/mol. The number of aromatic amines is 1. The third-order valence-electron chi connectivity index (χ3n) is 2.71. The van der Waals surface area contributed by atoms with Gasteiger partial charge in [-0.1, -0.05) is 23.2 Å². The quantitative estimate of drug-likeness (QED) is 0.844. The molecule has 0 saturated heterocycles. The van der Waals surface area contributed by atoms with E-state index in [4.69, 9.17) is 23.2 Å². The van der Waals surface area contributed by atoms with Gasteiger partial charge in [-0.3, -0.25) is 9.82 Å². The second-order valence-electron chi connectivity index (χ2n) is 4.30. The minimum Gasteiger partial charge on any atom is -0.281 e. The van der Waals surface area contributed by atoms with Crippen molar-refractivity contribution in [2.45, 2.75) is 25.7 Å².